The average Bonchev–Trinajstić information content (AvgIpc) is 2.79. The van der Waals surface area contributed by atoms with E-state index in [-0.39, 0.29) is 17.8 Å². The number of carbonyl (C=O) groups is 1. The number of amides is 1. The van der Waals surface area contributed by atoms with E-state index in [2.05, 4.69) is 15.3 Å². The molecule has 110 valence electrons. The number of nitrogens with one attached hydrogen (secondary N) is 1. The van der Waals surface area contributed by atoms with Crippen LogP contribution in [0.5, 0.6) is 5.75 Å². The number of rotatable bonds is 2. The van der Waals surface area contributed by atoms with Gasteiger partial charge >= 0.3 is 0 Å². The highest BCUT2D eigenvalue weighted by Crippen LogP contribution is 2.28. The molecule has 3 rings (SSSR count). The highest BCUT2D eigenvalue weighted by Gasteiger charge is 2.23. The van der Waals surface area contributed by atoms with Crippen molar-refractivity contribution in [2.75, 3.05) is 12.4 Å². The molecule has 1 aliphatic heterocycles. The Hall–Kier alpha value is -2.54. The Kier molecular flexibility index (Phi) is 3.86. The fraction of sp³-hybridized carbons (Fsp3) is 0.214. The lowest BCUT2D eigenvalue weighted by molar-refractivity contribution is -0.115. The van der Waals surface area contributed by atoms with Crippen LogP contribution < -0.4 is 16.2 Å². The first-order valence-electron chi connectivity index (χ1n) is 6.10. The standard InChI is InChI=1S/C14H12FN3O2.H3N/c1-7-9-6-12(19)17-14(9)18-13(16-7)8-3-4-11(20-2)10(15)5-8;/h3-5H,6H2,1-2H3,(H,16,17,18,19);1H3. The van der Waals surface area contributed by atoms with Crippen molar-refractivity contribution < 1.29 is 13.9 Å². The molecule has 1 aromatic heterocycles. The number of aryl methyl sites for hydroxylation is 1. The number of ether oxygens (including phenoxy) is 1. The number of hydrogen-bond donors (Lipinski definition) is 2. The Labute approximate surface area is 121 Å². The zero-order chi connectivity index (χ0) is 14.3. The molecule has 21 heavy (non-hydrogen) atoms. The number of benzene rings is 1. The number of anilines is 1. The van der Waals surface area contributed by atoms with E-state index >= 15 is 0 Å². The minimum Gasteiger partial charge on any atom is -0.494 e. The van der Waals surface area contributed by atoms with Crippen LogP contribution in [0.1, 0.15) is 11.3 Å². The minimum absolute atomic E-state index is 0. The third-order valence-corrected chi connectivity index (χ3v) is 3.22. The molecule has 0 spiro atoms. The van der Waals surface area contributed by atoms with Gasteiger partial charge in [0.15, 0.2) is 17.4 Å². The molecule has 0 aliphatic carbocycles. The van der Waals surface area contributed by atoms with Crippen LogP contribution >= 0.6 is 0 Å². The van der Waals surface area contributed by atoms with Crippen molar-refractivity contribution in [3.63, 3.8) is 0 Å². The van der Waals surface area contributed by atoms with Gasteiger partial charge in [-0.2, -0.15) is 0 Å². The lowest BCUT2D eigenvalue weighted by Crippen LogP contribution is -2.04. The number of hydrogen-bond acceptors (Lipinski definition) is 5. The van der Waals surface area contributed by atoms with Crippen LogP contribution in [0.2, 0.25) is 0 Å². The average molecular weight is 290 g/mol. The number of nitrogens with zero attached hydrogens (tertiary/aromatic N) is 2. The first kappa shape index (κ1) is 14.9. The van der Waals surface area contributed by atoms with Crippen molar-refractivity contribution in [2.45, 2.75) is 13.3 Å². The van der Waals surface area contributed by atoms with Gasteiger partial charge in [0.1, 0.15) is 5.82 Å². The summed E-state index contributed by atoms with van der Waals surface area (Å²) in [6.07, 6.45) is 0.290. The van der Waals surface area contributed by atoms with E-state index in [0.29, 0.717) is 23.6 Å². The second-order valence-corrected chi connectivity index (χ2v) is 4.53. The molecule has 6 nitrogen and oxygen atoms in total. The van der Waals surface area contributed by atoms with Crippen molar-refractivity contribution in [1.29, 1.82) is 0 Å². The quantitative estimate of drug-likeness (QED) is 0.883. The normalized spacial score (nSPS) is 12.4. The van der Waals surface area contributed by atoms with Crippen LogP contribution in [0.4, 0.5) is 10.2 Å². The Morgan fingerprint density at radius 2 is 2.10 bits per heavy atom. The van der Waals surface area contributed by atoms with Crippen molar-refractivity contribution in [3.05, 3.63) is 35.3 Å². The lowest BCUT2D eigenvalue weighted by Gasteiger charge is -2.07. The van der Waals surface area contributed by atoms with Crippen molar-refractivity contribution in [2.24, 2.45) is 0 Å². The molecule has 0 bridgehead atoms. The van der Waals surface area contributed by atoms with E-state index < -0.39 is 5.82 Å². The van der Waals surface area contributed by atoms with Crippen molar-refractivity contribution in [1.82, 2.24) is 16.1 Å². The van der Waals surface area contributed by atoms with Gasteiger partial charge in [-0.05, 0) is 25.1 Å². The molecule has 0 radical (unpaired) electrons. The minimum atomic E-state index is -0.476. The van der Waals surface area contributed by atoms with Crippen LogP contribution in [0.3, 0.4) is 0 Å². The molecule has 2 heterocycles. The summed E-state index contributed by atoms with van der Waals surface area (Å²) < 4.78 is 18.6. The molecular formula is C14H15FN4O2. The predicted molar refractivity (Wildman–Crippen MR) is 76.1 cm³/mol. The highest BCUT2D eigenvalue weighted by atomic mass is 19.1. The molecule has 0 atom stereocenters. The Balaban J connectivity index is 0.00000161. The molecule has 7 heteroatoms. The van der Waals surface area contributed by atoms with Crippen LogP contribution in [-0.2, 0) is 11.2 Å². The first-order valence-corrected chi connectivity index (χ1v) is 6.10. The van der Waals surface area contributed by atoms with E-state index in [1.807, 2.05) is 6.92 Å². The second-order valence-electron chi connectivity index (χ2n) is 4.53. The smallest absolute Gasteiger partial charge is 0.230 e. The SMILES string of the molecule is COc1ccc(-c2nc(C)c3c(n2)NC(=O)C3)cc1F.N. The summed E-state index contributed by atoms with van der Waals surface area (Å²) in [5, 5.41) is 2.68. The van der Waals surface area contributed by atoms with Gasteiger partial charge in [0.05, 0.1) is 13.5 Å². The Morgan fingerprint density at radius 3 is 2.76 bits per heavy atom. The van der Waals surface area contributed by atoms with Gasteiger partial charge in [-0.3, -0.25) is 4.79 Å². The van der Waals surface area contributed by atoms with E-state index in [4.69, 9.17) is 4.74 Å². The van der Waals surface area contributed by atoms with Gasteiger partial charge in [0, 0.05) is 16.8 Å². The number of fused-ring (bicyclic) bond motifs is 1. The first-order chi connectivity index (χ1) is 9.58. The largest absolute Gasteiger partial charge is 0.494 e. The third kappa shape index (κ3) is 2.55. The fourth-order valence-corrected chi connectivity index (χ4v) is 2.18. The summed E-state index contributed by atoms with van der Waals surface area (Å²) in [5.41, 5.74) is 2.06. The number of halogens is 1. The third-order valence-electron chi connectivity index (χ3n) is 3.22. The van der Waals surface area contributed by atoms with Gasteiger partial charge in [0.25, 0.3) is 0 Å². The van der Waals surface area contributed by atoms with Crippen LogP contribution in [-0.4, -0.2) is 23.0 Å². The summed E-state index contributed by atoms with van der Waals surface area (Å²) in [6, 6.07) is 4.52. The van der Waals surface area contributed by atoms with Gasteiger partial charge in [0.2, 0.25) is 5.91 Å². The molecule has 0 saturated heterocycles. The van der Waals surface area contributed by atoms with E-state index in [0.717, 1.165) is 11.3 Å². The summed E-state index contributed by atoms with van der Waals surface area (Å²) in [5.74, 6) is 0.477. The molecule has 4 N–H and O–H groups in total. The molecule has 1 aliphatic rings. The molecule has 1 aromatic carbocycles. The number of methoxy groups -OCH3 is 1. The molecule has 0 fully saturated rings. The second kappa shape index (κ2) is 5.45. The maximum absolute atomic E-state index is 13.7. The fourth-order valence-electron chi connectivity index (χ4n) is 2.18. The number of aromatic nitrogens is 2. The maximum Gasteiger partial charge on any atom is 0.230 e. The topological polar surface area (TPSA) is 99.1 Å². The maximum atomic E-state index is 13.7. The lowest BCUT2D eigenvalue weighted by atomic mass is 10.1. The van der Waals surface area contributed by atoms with Crippen LogP contribution in [0.25, 0.3) is 11.4 Å². The van der Waals surface area contributed by atoms with Crippen LogP contribution in [0, 0.1) is 12.7 Å². The summed E-state index contributed by atoms with van der Waals surface area (Å²) in [7, 11) is 1.41. The van der Waals surface area contributed by atoms with E-state index in [9.17, 15) is 9.18 Å². The van der Waals surface area contributed by atoms with Gasteiger partial charge in [-0.1, -0.05) is 0 Å². The predicted octanol–water partition coefficient (Wildman–Crippen LogP) is 2.26. The Morgan fingerprint density at radius 1 is 1.33 bits per heavy atom. The molecule has 0 unspecified atom stereocenters. The van der Waals surface area contributed by atoms with Crippen molar-refractivity contribution in [3.8, 4) is 17.1 Å². The Bertz CT molecular complexity index is 718. The highest BCUT2D eigenvalue weighted by molar-refractivity contribution is 5.98. The summed E-state index contributed by atoms with van der Waals surface area (Å²) in [4.78, 5) is 20.0. The number of carbonyl (C=O) groups excluding carboxylic acids is 1. The van der Waals surface area contributed by atoms with Gasteiger partial charge < -0.3 is 16.2 Å². The van der Waals surface area contributed by atoms with Crippen molar-refractivity contribution >= 4 is 11.7 Å². The molecule has 2 aromatic rings. The van der Waals surface area contributed by atoms with Crippen LogP contribution in [0.15, 0.2) is 18.2 Å². The zero-order valence-corrected chi connectivity index (χ0v) is 11.7. The monoisotopic (exact) mass is 290 g/mol. The molecular weight excluding hydrogens is 275 g/mol. The van der Waals surface area contributed by atoms with E-state index in [1.54, 1.807) is 6.07 Å². The van der Waals surface area contributed by atoms with Gasteiger partial charge in [-0.25, -0.2) is 14.4 Å². The molecule has 1 amide bonds. The summed E-state index contributed by atoms with van der Waals surface area (Å²) >= 11 is 0. The van der Waals surface area contributed by atoms with E-state index in [1.165, 1.54) is 19.2 Å². The molecule has 0 saturated carbocycles. The zero-order valence-electron chi connectivity index (χ0n) is 11.7. The summed E-state index contributed by atoms with van der Waals surface area (Å²) in [6.45, 7) is 1.81. The van der Waals surface area contributed by atoms with Gasteiger partial charge in [-0.15, -0.1) is 0 Å².